The van der Waals surface area contributed by atoms with E-state index in [1.807, 2.05) is 36.4 Å². The Morgan fingerprint density at radius 1 is 0.964 bits per heavy atom. The van der Waals surface area contributed by atoms with Gasteiger partial charge in [0.2, 0.25) is 5.91 Å². The molecule has 0 saturated heterocycles. The molecule has 1 N–H and O–H groups in total. The normalized spacial score (nSPS) is 16.0. The van der Waals surface area contributed by atoms with E-state index in [9.17, 15) is 14.7 Å². The van der Waals surface area contributed by atoms with Crippen LogP contribution in [0.4, 0.5) is 0 Å². The number of carboxylic acid groups (broad SMARTS) is 1. The van der Waals surface area contributed by atoms with Crippen LogP contribution in [0.15, 0.2) is 66.7 Å². The van der Waals surface area contributed by atoms with Crippen LogP contribution < -0.4 is 0 Å². The Hall–Kier alpha value is -3.14. The number of aliphatic carboxylic acids is 1. The fourth-order valence-electron chi connectivity index (χ4n) is 4.00. The summed E-state index contributed by atoms with van der Waals surface area (Å²) >= 11 is 0. The minimum Gasteiger partial charge on any atom is -0.481 e. The lowest BCUT2D eigenvalue weighted by molar-refractivity contribution is -0.141. The maximum atomic E-state index is 12.7. The van der Waals surface area contributed by atoms with E-state index in [1.54, 1.807) is 4.90 Å². The van der Waals surface area contributed by atoms with Crippen LogP contribution in [0.1, 0.15) is 35.4 Å². The van der Waals surface area contributed by atoms with Crippen molar-refractivity contribution >= 4 is 22.6 Å². The highest BCUT2D eigenvalue weighted by atomic mass is 16.4. The monoisotopic (exact) mass is 373 g/mol. The van der Waals surface area contributed by atoms with Gasteiger partial charge in [-0.05, 0) is 40.3 Å². The summed E-state index contributed by atoms with van der Waals surface area (Å²) in [6, 6.07) is 22.2. The first-order valence-electron chi connectivity index (χ1n) is 9.68. The highest BCUT2D eigenvalue weighted by Gasteiger charge is 2.31. The van der Waals surface area contributed by atoms with Gasteiger partial charge in [0.25, 0.3) is 0 Å². The average Bonchev–Trinajstić information content (AvgIpc) is 2.72. The number of rotatable bonds is 5. The van der Waals surface area contributed by atoms with Gasteiger partial charge in [-0.2, -0.15) is 0 Å². The van der Waals surface area contributed by atoms with Crippen LogP contribution >= 0.6 is 0 Å². The third-order valence-corrected chi connectivity index (χ3v) is 5.52. The van der Waals surface area contributed by atoms with Crippen molar-refractivity contribution in [3.63, 3.8) is 0 Å². The number of carbonyl (C=O) groups is 2. The van der Waals surface area contributed by atoms with Crippen LogP contribution in [0.2, 0.25) is 0 Å². The molecule has 0 saturated carbocycles. The molecule has 3 aromatic carbocycles. The van der Waals surface area contributed by atoms with Crippen molar-refractivity contribution in [2.75, 3.05) is 6.54 Å². The molecule has 0 bridgehead atoms. The summed E-state index contributed by atoms with van der Waals surface area (Å²) in [6.45, 7) is 0.746. The molecular formula is C24H23NO3. The first kappa shape index (κ1) is 18.2. The third kappa shape index (κ3) is 3.77. The number of benzene rings is 3. The Kier molecular flexibility index (Phi) is 5.11. The number of fused-ring (bicyclic) bond motifs is 2. The standard InChI is InChI=1S/C24H23NO3/c26-23(11-5-6-17-12-13-18-7-1-2-8-19(18)14-17)25-15-20-9-3-4-10-21(20)22(16-25)24(27)28/h1-4,7-10,12-14,22H,5-6,11,15-16H2,(H,27,28). The van der Waals surface area contributed by atoms with Crippen LogP contribution in [-0.2, 0) is 22.6 Å². The Balaban J connectivity index is 1.39. The predicted octanol–water partition coefficient (Wildman–Crippen LogP) is 4.37. The van der Waals surface area contributed by atoms with E-state index in [2.05, 4.69) is 30.3 Å². The zero-order valence-electron chi connectivity index (χ0n) is 15.7. The van der Waals surface area contributed by atoms with Gasteiger partial charge >= 0.3 is 5.97 Å². The van der Waals surface area contributed by atoms with Gasteiger partial charge in [-0.25, -0.2) is 0 Å². The molecule has 0 fully saturated rings. The molecule has 0 radical (unpaired) electrons. The fraction of sp³-hybridized carbons (Fsp3) is 0.250. The molecule has 1 aliphatic heterocycles. The maximum absolute atomic E-state index is 12.7. The third-order valence-electron chi connectivity index (χ3n) is 5.52. The van der Waals surface area contributed by atoms with Gasteiger partial charge in [0.15, 0.2) is 0 Å². The lowest BCUT2D eigenvalue weighted by atomic mass is 9.89. The van der Waals surface area contributed by atoms with Crippen LogP contribution in [-0.4, -0.2) is 28.4 Å². The summed E-state index contributed by atoms with van der Waals surface area (Å²) in [6.07, 6.45) is 2.03. The molecule has 4 heteroatoms. The van der Waals surface area contributed by atoms with Gasteiger partial charge in [0, 0.05) is 19.5 Å². The molecular weight excluding hydrogens is 350 g/mol. The van der Waals surface area contributed by atoms with E-state index in [0.29, 0.717) is 13.0 Å². The minimum absolute atomic E-state index is 0.0292. The van der Waals surface area contributed by atoms with Crippen molar-refractivity contribution in [2.45, 2.75) is 31.7 Å². The number of carboxylic acids is 1. The quantitative estimate of drug-likeness (QED) is 0.722. The first-order chi connectivity index (χ1) is 13.6. The second-order valence-electron chi connectivity index (χ2n) is 7.40. The number of amides is 1. The zero-order chi connectivity index (χ0) is 19.5. The van der Waals surface area contributed by atoms with Crippen molar-refractivity contribution in [1.82, 2.24) is 4.90 Å². The maximum Gasteiger partial charge on any atom is 0.312 e. The Bertz CT molecular complexity index is 1030. The molecule has 142 valence electrons. The molecule has 0 aromatic heterocycles. The van der Waals surface area contributed by atoms with Crippen molar-refractivity contribution in [3.05, 3.63) is 83.4 Å². The molecule has 1 atom stereocenters. The SMILES string of the molecule is O=C(O)C1CN(C(=O)CCCc2ccc3ccccc3c2)Cc2ccccc21. The summed E-state index contributed by atoms with van der Waals surface area (Å²) in [7, 11) is 0. The van der Waals surface area contributed by atoms with E-state index in [1.165, 1.54) is 16.3 Å². The second kappa shape index (κ2) is 7.85. The summed E-state index contributed by atoms with van der Waals surface area (Å²) in [5, 5.41) is 12.0. The van der Waals surface area contributed by atoms with Crippen molar-refractivity contribution in [3.8, 4) is 0 Å². The Labute approximate surface area is 164 Å². The van der Waals surface area contributed by atoms with Crippen molar-refractivity contribution < 1.29 is 14.7 Å². The van der Waals surface area contributed by atoms with E-state index < -0.39 is 11.9 Å². The largest absolute Gasteiger partial charge is 0.481 e. The van der Waals surface area contributed by atoms with Crippen LogP contribution in [0.3, 0.4) is 0 Å². The van der Waals surface area contributed by atoms with Gasteiger partial charge in [0.1, 0.15) is 0 Å². The molecule has 0 aliphatic carbocycles. The van der Waals surface area contributed by atoms with Crippen LogP contribution in [0.25, 0.3) is 10.8 Å². The van der Waals surface area contributed by atoms with Gasteiger partial charge < -0.3 is 10.0 Å². The van der Waals surface area contributed by atoms with Crippen LogP contribution in [0.5, 0.6) is 0 Å². The van der Waals surface area contributed by atoms with Crippen molar-refractivity contribution in [2.24, 2.45) is 0 Å². The molecule has 28 heavy (non-hydrogen) atoms. The molecule has 0 spiro atoms. The number of hydrogen-bond donors (Lipinski definition) is 1. The van der Waals surface area contributed by atoms with E-state index >= 15 is 0 Å². The number of nitrogens with zero attached hydrogens (tertiary/aromatic N) is 1. The van der Waals surface area contributed by atoms with E-state index in [0.717, 1.165) is 24.0 Å². The predicted molar refractivity (Wildman–Crippen MR) is 109 cm³/mol. The summed E-state index contributed by atoms with van der Waals surface area (Å²) < 4.78 is 0. The minimum atomic E-state index is -0.874. The lowest BCUT2D eigenvalue weighted by Crippen LogP contribution is -2.40. The van der Waals surface area contributed by atoms with Gasteiger partial charge in [-0.15, -0.1) is 0 Å². The van der Waals surface area contributed by atoms with E-state index in [4.69, 9.17) is 0 Å². The van der Waals surface area contributed by atoms with Gasteiger partial charge in [0.05, 0.1) is 5.92 Å². The molecule has 1 aliphatic rings. The molecule has 4 nitrogen and oxygen atoms in total. The van der Waals surface area contributed by atoms with E-state index in [-0.39, 0.29) is 12.5 Å². The fourth-order valence-corrected chi connectivity index (χ4v) is 4.00. The summed E-state index contributed by atoms with van der Waals surface area (Å²) in [5.74, 6) is -1.49. The van der Waals surface area contributed by atoms with Crippen molar-refractivity contribution in [1.29, 1.82) is 0 Å². The molecule has 4 rings (SSSR count). The highest BCUT2D eigenvalue weighted by Crippen LogP contribution is 2.29. The number of aryl methyl sites for hydroxylation is 1. The smallest absolute Gasteiger partial charge is 0.312 e. The lowest BCUT2D eigenvalue weighted by Gasteiger charge is -2.33. The molecule has 1 unspecified atom stereocenters. The number of carbonyl (C=O) groups excluding carboxylic acids is 1. The second-order valence-corrected chi connectivity index (χ2v) is 7.40. The van der Waals surface area contributed by atoms with Gasteiger partial charge in [-0.3, -0.25) is 9.59 Å². The van der Waals surface area contributed by atoms with Crippen LogP contribution in [0, 0.1) is 0 Å². The Morgan fingerprint density at radius 2 is 1.71 bits per heavy atom. The Morgan fingerprint density at radius 3 is 2.54 bits per heavy atom. The highest BCUT2D eigenvalue weighted by molar-refractivity contribution is 5.83. The summed E-state index contributed by atoms with van der Waals surface area (Å²) in [5.41, 5.74) is 2.98. The zero-order valence-corrected chi connectivity index (χ0v) is 15.7. The molecule has 3 aromatic rings. The molecule has 1 amide bonds. The topological polar surface area (TPSA) is 57.6 Å². The number of hydrogen-bond acceptors (Lipinski definition) is 2. The van der Waals surface area contributed by atoms with Gasteiger partial charge in [-0.1, -0.05) is 66.7 Å². The summed E-state index contributed by atoms with van der Waals surface area (Å²) in [4.78, 5) is 26.1. The molecule has 1 heterocycles. The first-order valence-corrected chi connectivity index (χ1v) is 9.68. The average molecular weight is 373 g/mol.